The molecule has 0 radical (unpaired) electrons. The van der Waals surface area contributed by atoms with Crippen LogP contribution >= 0.6 is 0 Å². The molecule has 0 spiro atoms. The lowest BCUT2D eigenvalue weighted by Crippen LogP contribution is -2.54. The average molecular weight is 360 g/mol. The highest BCUT2D eigenvalue weighted by Crippen LogP contribution is 2.36. The maximum atomic E-state index is 12.8. The van der Waals surface area contributed by atoms with E-state index in [1.165, 1.54) is 12.8 Å². The molecule has 1 heterocycles. The molecule has 26 heavy (non-hydrogen) atoms. The highest BCUT2D eigenvalue weighted by molar-refractivity contribution is 5.75. The summed E-state index contributed by atoms with van der Waals surface area (Å²) in [4.78, 5) is 25.6. The first-order valence-electron chi connectivity index (χ1n) is 9.48. The number of hydrogen-bond donors (Lipinski definition) is 2. The van der Waals surface area contributed by atoms with Gasteiger partial charge in [-0.1, -0.05) is 30.3 Å². The molecule has 2 amide bonds. The quantitative estimate of drug-likeness (QED) is 0.784. The molecule has 6 heteroatoms. The number of amides is 2. The summed E-state index contributed by atoms with van der Waals surface area (Å²) in [7, 11) is 0. The van der Waals surface area contributed by atoms with E-state index in [0.29, 0.717) is 31.8 Å². The molecule has 3 atom stereocenters. The van der Waals surface area contributed by atoms with Crippen LogP contribution < -0.4 is 5.32 Å². The van der Waals surface area contributed by atoms with Crippen LogP contribution in [0.25, 0.3) is 0 Å². The molecule has 1 aromatic carbocycles. The minimum absolute atomic E-state index is 0.0340. The van der Waals surface area contributed by atoms with Gasteiger partial charge in [-0.15, -0.1) is 0 Å². The second kappa shape index (κ2) is 8.54. The van der Waals surface area contributed by atoms with E-state index < -0.39 is 5.97 Å². The first-order valence-corrected chi connectivity index (χ1v) is 9.48. The van der Waals surface area contributed by atoms with E-state index in [9.17, 15) is 9.59 Å². The molecule has 2 aliphatic rings. The normalized spacial score (nSPS) is 24.1. The Bertz CT molecular complexity index is 617. The second-order valence-corrected chi connectivity index (χ2v) is 7.50. The number of rotatable bonds is 7. The third kappa shape index (κ3) is 5.46. The molecule has 1 saturated heterocycles. The Balaban J connectivity index is 1.60. The number of carbonyl (C=O) groups is 2. The van der Waals surface area contributed by atoms with Gasteiger partial charge in [0.2, 0.25) is 0 Å². The van der Waals surface area contributed by atoms with Gasteiger partial charge < -0.3 is 20.1 Å². The van der Waals surface area contributed by atoms with Gasteiger partial charge in [-0.2, -0.15) is 0 Å². The Kier molecular flexibility index (Phi) is 6.14. The van der Waals surface area contributed by atoms with E-state index in [4.69, 9.17) is 9.84 Å². The lowest BCUT2D eigenvalue weighted by atomic mass is 10.0. The van der Waals surface area contributed by atoms with Gasteiger partial charge >= 0.3 is 12.0 Å². The zero-order chi connectivity index (χ0) is 18.5. The summed E-state index contributed by atoms with van der Waals surface area (Å²) in [6, 6.07) is 9.54. The van der Waals surface area contributed by atoms with Crippen molar-refractivity contribution in [3.8, 4) is 0 Å². The fourth-order valence-electron chi connectivity index (χ4n) is 3.57. The number of carboxylic acid groups (broad SMARTS) is 1. The van der Waals surface area contributed by atoms with Gasteiger partial charge in [-0.25, -0.2) is 4.79 Å². The number of carbonyl (C=O) groups excluding carboxylic acids is 1. The molecule has 1 aromatic rings. The van der Waals surface area contributed by atoms with Crippen LogP contribution in [0.5, 0.6) is 0 Å². The van der Waals surface area contributed by atoms with Crippen LogP contribution in [0.3, 0.4) is 0 Å². The van der Waals surface area contributed by atoms with Gasteiger partial charge in [0, 0.05) is 25.6 Å². The number of ether oxygens (including phenoxy) is 1. The van der Waals surface area contributed by atoms with Crippen LogP contribution in [-0.2, 0) is 16.0 Å². The van der Waals surface area contributed by atoms with Gasteiger partial charge in [0.15, 0.2) is 0 Å². The SMILES string of the molecule is CC1CN(C(=O)NC(CCC(=O)O)Cc2ccccc2)CC(C2CC2)O1. The summed E-state index contributed by atoms with van der Waals surface area (Å²) in [5, 5.41) is 12.1. The van der Waals surface area contributed by atoms with Crippen molar-refractivity contribution >= 4 is 12.0 Å². The number of aliphatic carboxylic acids is 1. The Morgan fingerprint density at radius 3 is 2.65 bits per heavy atom. The molecule has 2 N–H and O–H groups in total. The maximum absolute atomic E-state index is 12.8. The summed E-state index contributed by atoms with van der Waals surface area (Å²) < 4.78 is 5.97. The number of hydrogen-bond acceptors (Lipinski definition) is 3. The standard InChI is InChI=1S/C20H28N2O4/c1-14-12-22(13-18(26-14)16-7-8-16)20(25)21-17(9-10-19(23)24)11-15-5-3-2-4-6-15/h2-6,14,16-18H,7-13H2,1H3,(H,21,25)(H,23,24). The van der Waals surface area contributed by atoms with Crippen LogP contribution in [-0.4, -0.2) is 53.3 Å². The van der Waals surface area contributed by atoms with E-state index >= 15 is 0 Å². The smallest absolute Gasteiger partial charge is 0.317 e. The first-order chi connectivity index (χ1) is 12.5. The van der Waals surface area contributed by atoms with Crippen molar-refractivity contribution in [1.82, 2.24) is 10.2 Å². The van der Waals surface area contributed by atoms with Crippen molar-refractivity contribution in [1.29, 1.82) is 0 Å². The Hall–Kier alpha value is -2.08. The maximum Gasteiger partial charge on any atom is 0.317 e. The third-order valence-corrected chi connectivity index (χ3v) is 5.08. The molecule has 1 aliphatic carbocycles. The van der Waals surface area contributed by atoms with Crippen molar-refractivity contribution in [3.05, 3.63) is 35.9 Å². The van der Waals surface area contributed by atoms with E-state index in [-0.39, 0.29) is 30.7 Å². The minimum atomic E-state index is -0.842. The van der Waals surface area contributed by atoms with Crippen molar-refractivity contribution in [2.24, 2.45) is 5.92 Å². The lowest BCUT2D eigenvalue weighted by Gasteiger charge is -2.37. The fraction of sp³-hybridized carbons (Fsp3) is 0.600. The average Bonchev–Trinajstić information content (AvgIpc) is 3.45. The molecule has 142 valence electrons. The zero-order valence-corrected chi connectivity index (χ0v) is 15.3. The van der Waals surface area contributed by atoms with Crippen LogP contribution in [0.2, 0.25) is 0 Å². The fourth-order valence-corrected chi connectivity index (χ4v) is 3.57. The van der Waals surface area contributed by atoms with Crippen molar-refractivity contribution in [3.63, 3.8) is 0 Å². The molecule has 3 rings (SSSR count). The van der Waals surface area contributed by atoms with Crippen LogP contribution in [0, 0.1) is 5.92 Å². The van der Waals surface area contributed by atoms with Gasteiger partial charge in [0.25, 0.3) is 0 Å². The molecular weight excluding hydrogens is 332 g/mol. The summed E-state index contributed by atoms with van der Waals surface area (Å²) in [5.41, 5.74) is 1.09. The predicted molar refractivity (Wildman–Crippen MR) is 98.0 cm³/mol. The van der Waals surface area contributed by atoms with Crippen LogP contribution in [0.15, 0.2) is 30.3 Å². The molecule has 0 aromatic heterocycles. The van der Waals surface area contributed by atoms with E-state index in [0.717, 1.165) is 5.56 Å². The molecule has 3 unspecified atom stereocenters. The van der Waals surface area contributed by atoms with Crippen LogP contribution in [0.1, 0.15) is 38.2 Å². The summed E-state index contributed by atoms with van der Waals surface area (Å²) in [5.74, 6) is -0.258. The molecule has 2 fully saturated rings. The van der Waals surface area contributed by atoms with E-state index in [2.05, 4.69) is 5.32 Å². The number of urea groups is 1. The number of morpholine rings is 1. The third-order valence-electron chi connectivity index (χ3n) is 5.08. The Labute approximate surface area is 154 Å². The van der Waals surface area contributed by atoms with Crippen molar-refractivity contribution in [2.45, 2.75) is 57.3 Å². The highest BCUT2D eigenvalue weighted by Gasteiger charge is 2.38. The topological polar surface area (TPSA) is 78.9 Å². The Morgan fingerprint density at radius 2 is 2.00 bits per heavy atom. The highest BCUT2D eigenvalue weighted by atomic mass is 16.5. The lowest BCUT2D eigenvalue weighted by molar-refractivity contribution is -0.137. The van der Waals surface area contributed by atoms with Gasteiger partial charge in [0.05, 0.1) is 12.2 Å². The molecule has 6 nitrogen and oxygen atoms in total. The van der Waals surface area contributed by atoms with Crippen LogP contribution in [0.4, 0.5) is 4.79 Å². The van der Waals surface area contributed by atoms with Gasteiger partial charge in [-0.05, 0) is 44.1 Å². The largest absolute Gasteiger partial charge is 0.481 e. The monoisotopic (exact) mass is 360 g/mol. The van der Waals surface area contributed by atoms with Crippen molar-refractivity contribution in [2.75, 3.05) is 13.1 Å². The predicted octanol–water partition coefficient (Wildman–Crippen LogP) is 2.67. The van der Waals surface area contributed by atoms with Gasteiger partial charge in [-0.3, -0.25) is 4.79 Å². The molecule has 1 aliphatic heterocycles. The summed E-state index contributed by atoms with van der Waals surface area (Å²) in [6.45, 7) is 3.20. The summed E-state index contributed by atoms with van der Waals surface area (Å²) in [6.07, 6.45) is 3.63. The Morgan fingerprint density at radius 1 is 1.27 bits per heavy atom. The molecule has 1 saturated carbocycles. The number of carboxylic acids is 1. The number of nitrogens with one attached hydrogen (secondary N) is 1. The second-order valence-electron chi connectivity index (χ2n) is 7.50. The van der Waals surface area contributed by atoms with Crippen molar-refractivity contribution < 1.29 is 19.4 Å². The molecular formula is C20H28N2O4. The van der Waals surface area contributed by atoms with E-state index in [1.807, 2.05) is 42.2 Å². The zero-order valence-electron chi connectivity index (χ0n) is 15.3. The summed E-state index contributed by atoms with van der Waals surface area (Å²) >= 11 is 0. The molecule has 0 bridgehead atoms. The number of benzene rings is 1. The van der Waals surface area contributed by atoms with E-state index in [1.54, 1.807) is 0 Å². The van der Waals surface area contributed by atoms with Gasteiger partial charge in [0.1, 0.15) is 0 Å². The number of nitrogens with zero attached hydrogens (tertiary/aromatic N) is 1. The first kappa shape index (κ1) is 18.7. The minimum Gasteiger partial charge on any atom is -0.481 e.